The van der Waals surface area contributed by atoms with Crippen molar-refractivity contribution in [2.45, 2.75) is 76.8 Å². The molecule has 1 aromatic heterocycles. The summed E-state index contributed by atoms with van der Waals surface area (Å²) < 4.78 is 0. The molecule has 2 aliphatic carbocycles. The highest BCUT2D eigenvalue weighted by molar-refractivity contribution is 7.17. The molecule has 5 nitrogen and oxygen atoms in total. The van der Waals surface area contributed by atoms with Gasteiger partial charge in [0.1, 0.15) is 0 Å². The van der Waals surface area contributed by atoms with E-state index in [0.717, 1.165) is 37.9 Å². The van der Waals surface area contributed by atoms with E-state index in [4.69, 9.17) is 0 Å². The molecule has 0 unspecified atom stereocenters. The van der Waals surface area contributed by atoms with Crippen LogP contribution >= 0.6 is 11.3 Å². The Hall–Kier alpha value is -1.43. The molecule has 1 aromatic rings. The van der Waals surface area contributed by atoms with Crippen molar-refractivity contribution in [3.63, 3.8) is 0 Å². The van der Waals surface area contributed by atoms with Crippen LogP contribution in [0, 0.1) is 5.92 Å². The van der Waals surface area contributed by atoms with E-state index in [2.05, 4.69) is 22.1 Å². The third kappa shape index (κ3) is 4.15. The summed E-state index contributed by atoms with van der Waals surface area (Å²) in [6, 6.07) is 0.658. The lowest BCUT2D eigenvalue weighted by Crippen LogP contribution is -2.51. The van der Waals surface area contributed by atoms with E-state index in [0.29, 0.717) is 22.1 Å². The highest BCUT2D eigenvalue weighted by Crippen LogP contribution is 2.33. The number of anilines is 1. The molecular weight excluding hydrogens is 322 g/mol. The van der Waals surface area contributed by atoms with Gasteiger partial charge in [0.05, 0.1) is 11.1 Å². The van der Waals surface area contributed by atoms with Gasteiger partial charge in [0, 0.05) is 12.1 Å². The number of carbonyl (C=O) groups excluding carboxylic acids is 2. The maximum atomic E-state index is 13.0. The molecule has 2 aliphatic rings. The van der Waals surface area contributed by atoms with Crippen molar-refractivity contribution >= 4 is 28.8 Å². The fourth-order valence-corrected chi connectivity index (χ4v) is 4.69. The van der Waals surface area contributed by atoms with Crippen LogP contribution in [0.3, 0.4) is 0 Å². The fraction of sp³-hybridized carbons (Fsp3) is 0.722. The number of hydrogen-bond acceptors (Lipinski definition) is 4. The van der Waals surface area contributed by atoms with Gasteiger partial charge in [0.15, 0.2) is 11.4 Å². The van der Waals surface area contributed by atoms with Gasteiger partial charge < -0.3 is 4.90 Å². The lowest BCUT2D eigenvalue weighted by molar-refractivity contribution is 0.105. The van der Waals surface area contributed by atoms with Gasteiger partial charge in [0.2, 0.25) is 0 Å². The van der Waals surface area contributed by atoms with Gasteiger partial charge in [-0.25, -0.2) is 9.78 Å². The van der Waals surface area contributed by atoms with Gasteiger partial charge in [-0.15, -0.1) is 0 Å². The largest absolute Gasteiger partial charge is 0.324 e. The number of carbonyl (C=O) groups is 2. The summed E-state index contributed by atoms with van der Waals surface area (Å²) in [5, 5.41) is 3.46. The highest BCUT2D eigenvalue weighted by atomic mass is 32.1. The van der Waals surface area contributed by atoms with Gasteiger partial charge in [-0.05, 0) is 44.4 Å². The zero-order valence-corrected chi connectivity index (χ0v) is 15.2. The number of nitrogens with zero attached hydrogens (tertiary/aromatic N) is 2. The molecule has 2 amide bonds. The molecule has 0 radical (unpaired) electrons. The first kappa shape index (κ1) is 17.4. The van der Waals surface area contributed by atoms with Gasteiger partial charge in [-0.1, -0.05) is 37.5 Å². The van der Waals surface area contributed by atoms with E-state index in [1.165, 1.54) is 49.6 Å². The highest BCUT2D eigenvalue weighted by Gasteiger charge is 2.33. The van der Waals surface area contributed by atoms with Crippen molar-refractivity contribution in [2.75, 3.05) is 5.32 Å². The van der Waals surface area contributed by atoms with E-state index < -0.39 is 0 Å². The van der Waals surface area contributed by atoms with Crippen LogP contribution in [0.25, 0.3) is 0 Å². The third-order valence-corrected chi connectivity index (χ3v) is 6.27. The van der Waals surface area contributed by atoms with Crippen LogP contribution in [0.1, 0.15) is 74.4 Å². The summed E-state index contributed by atoms with van der Waals surface area (Å²) in [4.78, 5) is 30.6. The Morgan fingerprint density at radius 3 is 2.46 bits per heavy atom. The average molecular weight is 350 g/mol. The normalized spacial score (nSPS) is 25.2. The Kier molecular flexibility index (Phi) is 5.87. The molecule has 1 heterocycles. The number of amides is 2. The quantitative estimate of drug-likeness (QED) is 0.801. The Bertz CT molecular complexity index is 560. The standard InChI is InChI=1S/C18H27N3O2S/c1-13-7-9-15(10-8-13)21(14-5-3-2-4-6-14)18(23)20-17-19-11-16(12-22)24-17/h11-15H,2-10H2,1H3,(H,19,20,23)/t13-,15-. The van der Waals surface area contributed by atoms with Crippen molar-refractivity contribution in [2.24, 2.45) is 5.92 Å². The number of aromatic nitrogens is 1. The molecule has 0 aromatic carbocycles. The first-order valence-corrected chi connectivity index (χ1v) is 9.99. The van der Waals surface area contributed by atoms with E-state index in [1.54, 1.807) is 0 Å². The van der Waals surface area contributed by atoms with Crippen LogP contribution in [0.5, 0.6) is 0 Å². The van der Waals surface area contributed by atoms with Crippen LogP contribution in [0.4, 0.5) is 9.93 Å². The van der Waals surface area contributed by atoms with Crippen LogP contribution in [-0.4, -0.2) is 34.3 Å². The first-order chi connectivity index (χ1) is 11.7. The SMILES string of the molecule is C[C@H]1CC[C@H](N(C(=O)Nc2ncc(C=O)s2)C2CCCCC2)CC1. The topological polar surface area (TPSA) is 62.3 Å². The smallest absolute Gasteiger partial charge is 0.319 e. The van der Waals surface area contributed by atoms with Crippen molar-refractivity contribution in [3.05, 3.63) is 11.1 Å². The summed E-state index contributed by atoms with van der Waals surface area (Å²) >= 11 is 1.23. The average Bonchev–Trinajstić information content (AvgIpc) is 3.05. The van der Waals surface area contributed by atoms with Crippen molar-refractivity contribution in [1.82, 2.24) is 9.88 Å². The monoisotopic (exact) mass is 349 g/mol. The Labute approximate surface area is 147 Å². The maximum Gasteiger partial charge on any atom is 0.324 e. The zero-order chi connectivity index (χ0) is 16.9. The minimum atomic E-state index is -0.0340. The Balaban J connectivity index is 1.72. The van der Waals surface area contributed by atoms with E-state index >= 15 is 0 Å². The second-order valence-corrected chi connectivity index (χ2v) is 8.29. The molecule has 1 N–H and O–H groups in total. The number of thiazole rings is 1. The second-order valence-electron chi connectivity index (χ2n) is 7.23. The van der Waals surface area contributed by atoms with Gasteiger partial charge in [-0.2, -0.15) is 0 Å². The van der Waals surface area contributed by atoms with Crippen LogP contribution in [-0.2, 0) is 0 Å². The number of hydrogen-bond donors (Lipinski definition) is 1. The van der Waals surface area contributed by atoms with Crippen molar-refractivity contribution in [1.29, 1.82) is 0 Å². The minimum Gasteiger partial charge on any atom is -0.319 e. The summed E-state index contributed by atoms with van der Waals surface area (Å²) in [7, 11) is 0. The molecule has 2 saturated carbocycles. The number of urea groups is 1. The molecule has 24 heavy (non-hydrogen) atoms. The molecule has 6 heteroatoms. The van der Waals surface area contributed by atoms with E-state index in [9.17, 15) is 9.59 Å². The summed E-state index contributed by atoms with van der Waals surface area (Å²) in [6.07, 6.45) is 12.8. The molecule has 3 rings (SSSR count). The van der Waals surface area contributed by atoms with E-state index in [-0.39, 0.29) is 6.03 Å². The third-order valence-electron chi connectivity index (χ3n) is 5.43. The van der Waals surface area contributed by atoms with Crippen molar-refractivity contribution in [3.8, 4) is 0 Å². The molecule has 0 aliphatic heterocycles. The molecular formula is C18H27N3O2S. The van der Waals surface area contributed by atoms with Crippen LogP contribution in [0.2, 0.25) is 0 Å². The Morgan fingerprint density at radius 1 is 1.17 bits per heavy atom. The van der Waals surface area contributed by atoms with Crippen LogP contribution in [0.15, 0.2) is 6.20 Å². The predicted molar refractivity (Wildman–Crippen MR) is 96.7 cm³/mol. The summed E-state index contributed by atoms with van der Waals surface area (Å²) in [5.41, 5.74) is 0. The van der Waals surface area contributed by atoms with Gasteiger partial charge in [-0.3, -0.25) is 10.1 Å². The molecule has 132 valence electrons. The minimum absolute atomic E-state index is 0.0340. The zero-order valence-electron chi connectivity index (χ0n) is 14.4. The summed E-state index contributed by atoms with van der Waals surface area (Å²) in [5.74, 6) is 0.770. The lowest BCUT2D eigenvalue weighted by Gasteiger charge is -2.42. The van der Waals surface area contributed by atoms with Gasteiger partial charge in [0.25, 0.3) is 0 Å². The molecule has 0 spiro atoms. The molecule has 2 fully saturated rings. The van der Waals surface area contributed by atoms with Crippen LogP contribution < -0.4 is 5.32 Å². The first-order valence-electron chi connectivity index (χ1n) is 9.17. The number of nitrogens with one attached hydrogen (secondary N) is 1. The van der Waals surface area contributed by atoms with Crippen molar-refractivity contribution < 1.29 is 9.59 Å². The number of aldehydes is 1. The predicted octanol–water partition coefficient (Wildman–Crippen LogP) is 4.70. The number of rotatable bonds is 4. The van der Waals surface area contributed by atoms with E-state index in [1.807, 2.05) is 0 Å². The lowest BCUT2D eigenvalue weighted by atomic mass is 9.84. The van der Waals surface area contributed by atoms with Gasteiger partial charge >= 0.3 is 6.03 Å². The Morgan fingerprint density at radius 2 is 1.83 bits per heavy atom. The molecule has 0 bridgehead atoms. The fourth-order valence-electron chi connectivity index (χ4n) is 4.06. The maximum absolute atomic E-state index is 13.0. The summed E-state index contributed by atoms with van der Waals surface area (Å²) in [6.45, 7) is 2.30. The second kappa shape index (κ2) is 8.10. The molecule has 0 atom stereocenters. The molecule has 0 saturated heterocycles.